The van der Waals surface area contributed by atoms with Gasteiger partial charge in [-0.15, -0.1) is 0 Å². The van der Waals surface area contributed by atoms with Crippen LogP contribution in [0.5, 0.6) is 11.5 Å². The minimum absolute atomic E-state index is 0.122. The molecule has 2 aromatic carbocycles. The molecular formula is C19H19ClN2O3. The van der Waals surface area contributed by atoms with Crippen LogP contribution < -0.4 is 20.3 Å². The van der Waals surface area contributed by atoms with Crippen molar-refractivity contribution in [2.45, 2.75) is 13.1 Å². The number of methoxy groups -OCH3 is 2. The van der Waals surface area contributed by atoms with Crippen LogP contribution in [0.25, 0.3) is 10.9 Å². The zero-order chi connectivity index (χ0) is 17.8. The van der Waals surface area contributed by atoms with E-state index in [2.05, 4.69) is 10.3 Å². The Hall–Kier alpha value is -2.50. The first-order valence-corrected chi connectivity index (χ1v) is 8.21. The van der Waals surface area contributed by atoms with Gasteiger partial charge >= 0.3 is 0 Å². The lowest BCUT2D eigenvalue weighted by Crippen LogP contribution is -2.20. The third-order valence-corrected chi connectivity index (χ3v) is 4.24. The van der Waals surface area contributed by atoms with E-state index in [1.807, 2.05) is 36.4 Å². The molecule has 130 valence electrons. The maximum atomic E-state index is 12.3. The number of fused-ring (bicyclic) bond motifs is 1. The van der Waals surface area contributed by atoms with Crippen molar-refractivity contribution in [1.82, 2.24) is 10.3 Å². The fraction of sp³-hybridized carbons (Fsp3) is 0.211. The van der Waals surface area contributed by atoms with Crippen LogP contribution >= 0.6 is 11.6 Å². The van der Waals surface area contributed by atoms with E-state index in [9.17, 15) is 4.79 Å². The van der Waals surface area contributed by atoms with Gasteiger partial charge in [0.2, 0.25) is 0 Å². The van der Waals surface area contributed by atoms with Gasteiger partial charge in [-0.1, -0.05) is 23.7 Å². The standard InChI is InChI=1S/C19H19ClN2O3/c1-24-17-8-13-7-14(19(23)22-16(13)9-18(17)25-2)11-21-10-12-3-5-15(20)6-4-12/h3-9,21H,10-11H2,1-2H3,(H,22,23). The second-order valence-corrected chi connectivity index (χ2v) is 6.08. The minimum atomic E-state index is -0.122. The summed E-state index contributed by atoms with van der Waals surface area (Å²) in [5.41, 5.74) is 2.36. The lowest BCUT2D eigenvalue weighted by molar-refractivity contribution is 0.356. The summed E-state index contributed by atoms with van der Waals surface area (Å²) < 4.78 is 10.6. The highest BCUT2D eigenvalue weighted by atomic mass is 35.5. The fourth-order valence-electron chi connectivity index (χ4n) is 2.65. The van der Waals surface area contributed by atoms with Crippen molar-refractivity contribution in [3.05, 3.63) is 69.0 Å². The molecule has 0 unspecified atom stereocenters. The van der Waals surface area contributed by atoms with Crippen molar-refractivity contribution in [2.75, 3.05) is 14.2 Å². The maximum Gasteiger partial charge on any atom is 0.252 e. The largest absolute Gasteiger partial charge is 0.493 e. The van der Waals surface area contributed by atoms with E-state index < -0.39 is 0 Å². The molecule has 1 heterocycles. The van der Waals surface area contributed by atoms with E-state index in [4.69, 9.17) is 21.1 Å². The second-order valence-electron chi connectivity index (χ2n) is 5.65. The highest BCUT2D eigenvalue weighted by Gasteiger charge is 2.09. The molecule has 0 radical (unpaired) electrons. The number of nitrogens with one attached hydrogen (secondary N) is 2. The van der Waals surface area contributed by atoms with Crippen LogP contribution in [0.4, 0.5) is 0 Å². The van der Waals surface area contributed by atoms with E-state index in [1.165, 1.54) is 0 Å². The minimum Gasteiger partial charge on any atom is -0.493 e. The summed E-state index contributed by atoms with van der Waals surface area (Å²) in [6.07, 6.45) is 0. The summed E-state index contributed by atoms with van der Waals surface area (Å²) in [4.78, 5) is 15.2. The molecule has 0 aliphatic heterocycles. The van der Waals surface area contributed by atoms with Gasteiger partial charge in [0.05, 0.1) is 19.7 Å². The van der Waals surface area contributed by atoms with Crippen LogP contribution in [0, 0.1) is 0 Å². The first-order valence-electron chi connectivity index (χ1n) is 7.84. The Labute approximate surface area is 150 Å². The number of benzene rings is 2. The van der Waals surface area contributed by atoms with Crippen LogP contribution in [-0.2, 0) is 13.1 Å². The molecule has 3 rings (SSSR count). The third kappa shape index (κ3) is 3.95. The van der Waals surface area contributed by atoms with Gasteiger partial charge in [0.15, 0.2) is 11.5 Å². The van der Waals surface area contributed by atoms with Crippen molar-refractivity contribution in [2.24, 2.45) is 0 Å². The second kappa shape index (κ2) is 7.59. The molecule has 3 aromatic rings. The highest BCUT2D eigenvalue weighted by Crippen LogP contribution is 2.30. The summed E-state index contributed by atoms with van der Waals surface area (Å²) in [5.74, 6) is 1.21. The van der Waals surface area contributed by atoms with Gasteiger partial charge in [-0.05, 0) is 29.8 Å². The molecular weight excluding hydrogens is 340 g/mol. The van der Waals surface area contributed by atoms with Gasteiger partial charge in [-0.3, -0.25) is 4.79 Å². The van der Waals surface area contributed by atoms with Crippen LogP contribution in [-0.4, -0.2) is 19.2 Å². The summed E-state index contributed by atoms with van der Waals surface area (Å²) in [6, 6.07) is 13.1. The Bertz CT molecular complexity index is 936. The average Bonchev–Trinajstić information content (AvgIpc) is 2.62. The number of hydrogen-bond acceptors (Lipinski definition) is 4. The molecule has 25 heavy (non-hydrogen) atoms. The molecule has 0 bridgehead atoms. The zero-order valence-electron chi connectivity index (χ0n) is 14.1. The molecule has 0 aliphatic carbocycles. The molecule has 0 atom stereocenters. The highest BCUT2D eigenvalue weighted by molar-refractivity contribution is 6.30. The molecule has 1 aromatic heterocycles. The van der Waals surface area contributed by atoms with Crippen molar-refractivity contribution >= 4 is 22.5 Å². The molecule has 6 heteroatoms. The maximum absolute atomic E-state index is 12.3. The van der Waals surface area contributed by atoms with Crippen LogP contribution in [0.2, 0.25) is 5.02 Å². The normalized spacial score (nSPS) is 10.8. The molecule has 0 saturated heterocycles. The van der Waals surface area contributed by atoms with Gasteiger partial charge in [-0.2, -0.15) is 0 Å². The van der Waals surface area contributed by atoms with Crippen LogP contribution in [0.1, 0.15) is 11.1 Å². The Morgan fingerprint density at radius 2 is 1.68 bits per heavy atom. The van der Waals surface area contributed by atoms with Crippen molar-refractivity contribution in [3.8, 4) is 11.5 Å². The number of rotatable bonds is 6. The van der Waals surface area contributed by atoms with Crippen LogP contribution in [0.15, 0.2) is 47.3 Å². The van der Waals surface area contributed by atoms with E-state index in [0.717, 1.165) is 10.9 Å². The lowest BCUT2D eigenvalue weighted by Gasteiger charge is -2.10. The average molecular weight is 359 g/mol. The van der Waals surface area contributed by atoms with Crippen molar-refractivity contribution < 1.29 is 9.47 Å². The number of aromatic nitrogens is 1. The van der Waals surface area contributed by atoms with E-state index in [-0.39, 0.29) is 5.56 Å². The number of aromatic amines is 1. The summed E-state index contributed by atoms with van der Waals surface area (Å²) in [6.45, 7) is 1.11. The molecule has 0 saturated carbocycles. The molecule has 0 spiro atoms. The topological polar surface area (TPSA) is 63.3 Å². The van der Waals surface area contributed by atoms with Gasteiger partial charge in [0.25, 0.3) is 5.56 Å². The first kappa shape index (κ1) is 17.3. The predicted molar refractivity (Wildman–Crippen MR) is 99.7 cm³/mol. The van der Waals surface area contributed by atoms with E-state index >= 15 is 0 Å². The smallest absolute Gasteiger partial charge is 0.252 e. The van der Waals surface area contributed by atoms with Gasteiger partial charge in [0, 0.05) is 35.1 Å². The molecule has 5 nitrogen and oxygen atoms in total. The summed E-state index contributed by atoms with van der Waals surface area (Å²) >= 11 is 5.88. The Morgan fingerprint density at radius 1 is 1.00 bits per heavy atom. The Balaban J connectivity index is 1.80. The van der Waals surface area contributed by atoms with E-state index in [0.29, 0.717) is 40.7 Å². The number of H-pyrrole nitrogens is 1. The summed E-state index contributed by atoms with van der Waals surface area (Å²) in [5, 5.41) is 4.87. The Morgan fingerprint density at radius 3 is 2.36 bits per heavy atom. The Kier molecular flexibility index (Phi) is 5.26. The van der Waals surface area contributed by atoms with Gasteiger partial charge in [0.1, 0.15) is 0 Å². The number of pyridine rings is 1. The molecule has 0 amide bonds. The third-order valence-electron chi connectivity index (χ3n) is 3.98. The van der Waals surface area contributed by atoms with E-state index in [1.54, 1.807) is 20.3 Å². The molecule has 0 fully saturated rings. The van der Waals surface area contributed by atoms with Crippen LogP contribution in [0.3, 0.4) is 0 Å². The number of hydrogen-bond donors (Lipinski definition) is 2. The zero-order valence-corrected chi connectivity index (χ0v) is 14.8. The fourth-order valence-corrected chi connectivity index (χ4v) is 2.78. The predicted octanol–water partition coefficient (Wildman–Crippen LogP) is 3.49. The first-order chi connectivity index (χ1) is 12.1. The number of ether oxygens (including phenoxy) is 2. The van der Waals surface area contributed by atoms with Gasteiger partial charge < -0.3 is 19.8 Å². The monoisotopic (exact) mass is 358 g/mol. The van der Waals surface area contributed by atoms with Crippen molar-refractivity contribution in [3.63, 3.8) is 0 Å². The van der Waals surface area contributed by atoms with Gasteiger partial charge in [-0.25, -0.2) is 0 Å². The number of halogens is 1. The molecule has 0 aliphatic rings. The molecule has 2 N–H and O–H groups in total. The quantitative estimate of drug-likeness (QED) is 0.708. The SMILES string of the molecule is COc1cc2cc(CNCc3ccc(Cl)cc3)c(=O)[nH]c2cc1OC. The van der Waals surface area contributed by atoms with Crippen molar-refractivity contribution in [1.29, 1.82) is 0 Å². The lowest BCUT2D eigenvalue weighted by atomic mass is 10.1. The summed E-state index contributed by atoms with van der Waals surface area (Å²) in [7, 11) is 3.15.